The standard InChI is InChI=1S/C16H20N4O2S2/c17-24(21,22)12-6-4-11(5-7-12)13-10-14(13)15-18-16(23-19-15)20-8-2-1-3-9-20/h4-7,13-14H,1-3,8-10H2,(H2,17,21,22)/t13-,14+/m0/s1. The van der Waals surface area contributed by atoms with Crippen molar-refractivity contribution in [2.45, 2.75) is 42.4 Å². The molecule has 1 saturated heterocycles. The third-order valence-electron chi connectivity index (χ3n) is 4.82. The van der Waals surface area contributed by atoms with Crippen LogP contribution >= 0.6 is 11.5 Å². The molecule has 24 heavy (non-hydrogen) atoms. The number of aromatic nitrogens is 2. The van der Waals surface area contributed by atoms with E-state index in [4.69, 9.17) is 10.1 Å². The summed E-state index contributed by atoms with van der Waals surface area (Å²) in [7, 11) is -3.63. The number of rotatable bonds is 4. The molecule has 8 heteroatoms. The van der Waals surface area contributed by atoms with Crippen molar-refractivity contribution in [3.8, 4) is 0 Å². The molecule has 0 radical (unpaired) electrons. The molecule has 0 unspecified atom stereocenters. The molecule has 2 aromatic rings. The summed E-state index contributed by atoms with van der Waals surface area (Å²) in [6.45, 7) is 2.16. The Kier molecular flexibility index (Phi) is 4.06. The Hall–Kier alpha value is -1.51. The normalized spacial score (nSPS) is 24.1. The van der Waals surface area contributed by atoms with Crippen molar-refractivity contribution in [3.05, 3.63) is 35.7 Å². The predicted octanol–water partition coefficient (Wildman–Crippen LogP) is 2.45. The molecule has 1 aromatic heterocycles. The summed E-state index contributed by atoms with van der Waals surface area (Å²) >= 11 is 1.50. The van der Waals surface area contributed by atoms with E-state index in [-0.39, 0.29) is 4.90 Å². The van der Waals surface area contributed by atoms with E-state index in [0.717, 1.165) is 36.0 Å². The van der Waals surface area contributed by atoms with Crippen LogP contribution in [-0.4, -0.2) is 30.9 Å². The van der Waals surface area contributed by atoms with Gasteiger partial charge in [-0.25, -0.2) is 18.5 Å². The van der Waals surface area contributed by atoms with Crippen LogP contribution in [0.2, 0.25) is 0 Å². The number of nitrogens with two attached hydrogens (primary N) is 1. The van der Waals surface area contributed by atoms with E-state index in [9.17, 15) is 8.42 Å². The van der Waals surface area contributed by atoms with Gasteiger partial charge < -0.3 is 4.90 Å². The number of anilines is 1. The molecule has 2 heterocycles. The maximum Gasteiger partial charge on any atom is 0.238 e. The number of hydrogen-bond donors (Lipinski definition) is 1. The Morgan fingerprint density at radius 3 is 2.46 bits per heavy atom. The minimum atomic E-state index is -3.63. The second-order valence-electron chi connectivity index (χ2n) is 6.55. The van der Waals surface area contributed by atoms with Gasteiger partial charge in [0.25, 0.3) is 0 Å². The van der Waals surface area contributed by atoms with Crippen molar-refractivity contribution < 1.29 is 8.42 Å². The summed E-state index contributed by atoms with van der Waals surface area (Å²) in [6.07, 6.45) is 4.79. The van der Waals surface area contributed by atoms with Crippen LogP contribution in [0.4, 0.5) is 5.13 Å². The fourth-order valence-corrected chi connectivity index (χ4v) is 4.64. The largest absolute Gasteiger partial charge is 0.347 e. The lowest BCUT2D eigenvalue weighted by atomic mass is 10.1. The lowest BCUT2D eigenvalue weighted by Gasteiger charge is -2.25. The summed E-state index contributed by atoms with van der Waals surface area (Å²) in [4.78, 5) is 7.24. The molecule has 6 nitrogen and oxygen atoms in total. The van der Waals surface area contributed by atoms with Crippen molar-refractivity contribution in [3.63, 3.8) is 0 Å². The molecular formula is C16H20N4O2S2. The summed E-state index contributed by atoms with van der Waals surface area (Å²) in [5.41, 5.74) is 1.13. The molecule has 2 atom stereocenters. The third-order valence-corrected chi connectivity index (χ3v) is 6.54. The van der Waals surface area contributed by atoms with Crippen LogP contribution in [0, 0.1) is 0 Å². The van der Waals surface area contributed by atoms with Gasteiger partial charge in [-0.2, -0.15) is 4.37 Å². The van der Waals surface area contributed by atoms with Gasteiger partial charge in [0.05, 0.1) is 4.90 Å². The summed E-state index contributed by atoms with van der Waals surface area (Å²) in [5.74, 6) is 1.66. The molecule has 1 aliphatic heterocycles. The topological polar surface area (TPSA) is 89.2 Å². The minimum absolute atomic E-state index is 0.155. The molecule has 0 amide bonds. The van der Waals surface area contributed by atoms with E-state index < -0.39 is 10.0 Å². The predicted molar refractivity (Wildman–Crippen MR) is 93.9 cm³/mol. The average molecular weight is 364 g/mol. The number of sulfonamides is 1. The van der Waals surface area contributed by atoms with Crippen LogP contribution < -0.4 is 10.0 Å². The van der Waals surface area contributed by atoms with Crippen LogP contribution in [0.3, 0.4) is 0 Å². The van der Waals surface area contributed by atoms with Crippen LogP contribution in [0.1, 0.15) is 48.9 Å². The highest BCUT2D eigenvalue weighted by atomic mass is 32.2. The van der Waals surface area contributed by atoms with Crippen LogP contribution in [0.25, 0.3) is 0 Å². The molecule has 2 fully saturated rings. The smallest absolute Gasteiger partial charge is 0.238 e. The summed E-state index contributed by atoms with van der Waals surface area (Å²) in [5, 5.41) is 6.18. The van der Waals surface area contributed by atoms with Crippen LogP contribution in [0.5, 0.6) is 0 Å². The molecule has 1 aromatic carbocycles. The van der Waals surface area contributed by atoms with Crippen molar-refractivity contribution in [1.82, 2.24) is 9.36 Å². The van der Waals surface area contributed by atoms with E-state index in [1.165, 1.54) is 30.8 Å². The van der Waals surface area contributed by atoms with E-state index in [1.54, 1.807) is 12.1 Å². The Bertz CT molecular complexity index is 826. The highest BCUT2D eigenvalue weighted by Gasteiger charge is 2.42. The lowest BCUT2D eigenvalue weighted by molar-refractivity contribution is 0.576. The second-order valence-corrected chi connectivity index (χ2v) is 8.84. The molecule has 1 saturated carbocycles. The Morgan fingerprint density at radius 2 is 1.79 bits per heavy atom. The van der Waals surface area contributed by atoms with E-state index >= 15 is 0 Å². The number of piperidine rings is 1. The van der Waals surface area contributed by atoms with Gasteiger partial charge in [-0.1, -0.05) is 12.1 Å². The van der Waals surface area contributed by atoms with Crippen molar-refractivity contribution >= 4 is 26.7 Å². The van der Waals surface area contributed by atoms with Crippen LogP contribution in [-0.2, 0) is 10.0 Å². The second kappa shape index (κ2) is 6.09. The molecule has 2 N–H and O–H groups in total. The van der Waals surface area contributed by atoms with Gasteiger partial charge in [0.15, 0.2) is 0 Å². The third kappa shape index (κ3) is 3.18. The van der Waals surface area contributed by atoms with E-state index in [0.29, 0.717) is 11.8 Å². The van der Waals surface area contributed by atoms with Crippen molar-refractivity contribution in [2.75, 3.05) is 18.0 Å². The molecular weight excluding hydrogens is 344 g/mol. The number of primary sulfonamides is 1. The zero-order valence-electron chi connectivity index (χ0n) is 13.3. The molecule has 128 valence electrons. The summed E-state index contributed by atoms with van der Waals surface area (Å²) < 4.78 is 27.2. The molecule has 4 rings (SSSR count). The van der Waals surface area contributed by atoms with Gasteiger partial charge in [-0.3, -0.25) is 0 Å². The number of nitrogens with zero attached hydrogens (tertiary/aromatic N) is 3. The highest BCUT2D eigenvalue weighted by molar-refractivity contribution is 7.89. The van der Waals surface area contributed by atoms with E-state index in [1.807, 2.05) is 12.1 Å². The molecule has 0 bridgehead atoms. The quantitative estimate of drug-likeness (QED) is 0.900. The van der Waals surface area contributed by atoms with Crippen molar-refractivity contribution in [2.24, 2.45) is 5.14 Å². The van der Waals surface area contributed by atoms with Gasteiger partial charge in [-0.15, -0.1) is 0 Å². The number of benzene rings is 1. The van der Waals surface area contributed by atoms with E-state index in [2.05, 4.69) is 9.27 Å². The minimum Gasteiger partial charge on any atom is -0.347 e. The fourth-order valence-electron chi connectivity index (χ4n) is 3.34. The Balaban J connectivity index is 1.45. The zero-order valence-corrected chi connectivity index (χ0v) is 14.9. The molecule has 2 aliphatic rings. The monoisotopic (exact) mass is 364 g/mol. The maximum absolute atomic E-state index is 11.3. The first-order valence-corrected chi connectivity index (χ1v) is 10.6. The van der Waals surface area contributed by atoms with Gasteiger partial charge in [0.2, 0.25) is 15.2 Å². The number of hydrogen-bond acceptors (Lipinski definition) is 6. The lowest BCUT2D eigenvalue weighted by Crippen LogP contribution is -2.29. The average Bonchev–Trinajstić information content (AvgIpc) is 3.23. The first-order chi connectivity index (χ1) is 11.5. The maximum atomic E-state index is 11.3. The van der Waals surface area contributed by atoms with Gasteiger partial charge >= 0.3 is 0 Å². The Labute approximate surface area is 145 Å². The fraction of sp³-hybridized carbons (Fsp3) is 0.500. The van der Waals surface area contributed by atoms with Gasteiger partial charge in [-0.05, 0) is 49.3 Å². The van der Waals surface area contributed by atoms with Crippen LogP contribution in [0.15, 0.2) is 29.2 Å². The SMILES string of the molecule is NS(=O)(=O)c1ccc([C@@H]2C[C@H]2c2nsc(N3CCCCC3)n2)cc1. The first-order valence-electron chi connectivity index (χ1n) is 8.24. The zero-order chi connectivity index (χ0) is 16.7. The van der Waals surface area contributed by atoms with Gasteiger partial charge in [0.1, 0.15) is 5.82 Å². The molecule has 0 spiro atoms. The Morgan fingerprint density at radius 1 is 1.08 bits per heavy atom. The highest BCUT2D eigenvalue weighted by Crippen LogP contribution is 2.54. The summed E-state index contributed by atoms with van der Waals surface area (Å²) in [6, 6.07) is 6.85. The van der Waals surface area contributed by atoms with Crippen molar-refractivity contribution in [1.29, 1.82) is 0 Å². The first kappa shape index (κ1) is 16.0. The molecule has 1 aliphatic carbocycles. The van der Waals surface area contributed by atoms with Gasteiger partial charge in [0, 0.05) is 30.5 Å².